The third-order valence-corrected chi connectivity index (χ3v) is 2.83. The van der Waals surface area contributed by atoms with E-state index in [2.05, 4.69) is 11.1 Å². The minimum absolute atomic E-state index is 0.304. The molecule has 1 aromatic heterocycles. The summed E-state index contributed by atoms with van der Waals surface area (Å²) in [6, 6.07) is 11.9. The van der Waals surface area contributed by atoms with Crippen LogP contribution in [-0.2, 0) is 0 Å². The van der Waals surface area contributed by atoms with Crippen molar-refractivity contribution in [3.05, 3.63) is 53.5 Å². The van der Waals surface area contributed by atoms with E-state index in [1.807, 2.05) is 18.7 Å². The maximum Gasteiger partial charge on any atom is 0.151 e. The molecule has 0 unspecified atom stereocenters. The molecule has 4 heteroatoms. The molecule has 1 heterocycles. The van der Waals surface area contributed by atoms with E-state index < -0.39 is 0 Å². The number of hydrogen-bond donors (Lipinski definition) is 0. The summed E-state index contributed by atoms with van der Waals surface area (Å²) in [5.41, 5.74) is 2.00. The first kappa shape index (κ1) is 13.0. The van der Waals surface area contributed by atoms with Crippen LogP contribution < -0.4 is 4.90 Å². The highest BCUT2D eigenvalue weighted by Gasteiger charge is 2.14. The van der Waals surface area contributed by atoms with E-state index in [1.54, 1.807) is 24.3 Å². The summed E-state index contributed by atoms with van der Waals surface area (Å²) in [5.74, 6) is 0.262. The summed E-state index contributed by atoms with van der Waals surface area (Å²) >= 11 is 0. The number of anilines is 2. The van der Waals surface area contributed by atoms with Gasteiger partial charge in [-0.25, -0.2) is 9.37 Å². The zero-order valence-corrected chi connectivity index (χ0v) is 10.9. The fourth-order valence-corrected chi connectivity index (χ4v) is 1.93. The Morgan fingerprint density at radius 2 is 2.11 bits per heavy atom. The second-order valence-corrected chi connectivity index (χ2v) is 4.16. The molecule has 0 N–H and O–H groups in total. The van der Waals surface area contributed by atoms with Gasteiger partial charge in [-0.3, -0.25) is 0 Å². The molecule has 0 amide bonds. The number of nitriles is 1. The second-order valence-electron chi connectivity index (χ2n) is 4.16. The predicted molar refractivity (Wildman–Crippen MR) is 72.8 cm³/mol. The lowest BCUT2D eigenvalue weighted by Gasteiger charge is -2.23. The van der Waals surface area contributed by atoms with Crippen LogP contribution in [0.25, 0.3) is 0 Å². The third-order valence-electron chi connectivity index (χ3n) is 2.83. The molecular weight excluding hydrogens is 241 g/mol. The topological polar surface area (TPSA) is 39.9 Å². The Balaban J connectivity index is 2.54. The largest absolute Gasteiger partial charge is 0.325 e. The number of halogens is 1. The van der Waals surface area contributed by atoms with Crippen LogP contribution in [0.15, 0.2) is 36.4 Å². The molecule has 0 saturated carbocycles. The van der Waals surface area contributed by atoms with Gasteiger partial charge in [-0.15, -0.1) is 0 Å². The molecule has 1 aromatic carbocycles. The van der Waals surface area contributed by atoms with Gasteiger partial charge in [-0.1, -0.05) is 6.07 Å². The van der Waals surface area contributed by atoms with Crippen molar-refractivity contribution in [3.8, 4) is 6.07 Å². The molecule has 19 heavy (non-hydrogen) atoms. The molecule has 96 valence electrons. The standard InChI is InChI=1S/C15H14FN3/c1-3-19(14-6-4-5-13(16)9-14)15-12(10-17)8-7-11(2)18-15/h4-9H,3H2,1-2H3. The van der Waals surface area contributed by atoms with Crippen molar-refractivity contribution in [2.24, 2.45) is 0 Å². The van der Waals surface area contributed by atoms with Gasteiger partial charge in [0.1, 0.15) is 11.9 Å². The summed E-state index contributed by atoms with van der Waals surface area (Å²) in [5, 5.41) is 9.16. The number of pyridine rings is 1. The van der Waals surface area contributed by atoms with Crippen LogP contribution in [0.5, 0.6) is 0 Å². The fraction of sp³-hybridized carbons (Fsp3) is 0.200. The fourth-order valence-electron chi connectivity index (χ4n) is 1.93. The van der Waals surface area contributed by atoms with Crippen LogP contribution in [0.4, 0.5) is 15.9 Å². The number of nitrogens with zero attached hydrogens (tertiary/aromatic N) is 3. The monoisotopic (exact) mass is 255 g/mol. The molecular formula is C15H14FN3. The Kier molecular flexibility index (Phi) is 3.76. The van der Waals surface area contributed by atoms with Gasteiger partial charge >= 0.3 is 0 Å². The molecule has 0 spiro atoms. The van der Waals surface area contributed by atoms with E-state index in [1.165, 1.54) is 12.1 Å². The number of aryl methyl sites for hydroxylation is 1. The van der Waals surface area contributed by atoms with Gasteiger partial charge < -0.3 is 4.90 Å². The van der Waals surface area contributed by atoms with E-state index in [0.717, 1.165) is 5.69 Å². The van der Waals surface area contributed by atoms with Crippen molar-refractivity contribution in [1.29, 1.82) is 5.26 Å². The van der Waals surface area contributed by atoms with Crippen LogP contribution in [0.1, 0.15) is 18.2 Å². The molecule has 0 aliphatic carbocycles. The Morgan fingerprint density at radius 1 is 1.32 bits per heavy atom. The van der Waals surface area contributed by atoms with E-state index in [9.17, 15) is 4.39 Å². The van der Waals surface area contributed by atoms with Gasteiger partial charge in [0.2, 0.25) is 0 Å². The highest BCUT2D eigenvalue weighted by atomic mass is 19.1. The lowest BCUT2D eigenvalue weighted by atomic mass is 10.2. The first-order valence-electron chi connectivity index (χ1n) is 6.06. The average molecular weight is 255 g/mol. The van der Waals surface area contributed by atoms with E-state index in [-0.39, 0.29) is 5.82 Å². The van der Waals surface area contributed by atoms with Crippen molar-refractivity contribution in [2.75, 3.05) is 11.4 Å². The van der Waals surface area contributed by atoms with Gasteiger partial charge in [0, 0.05) is 17.9 Å². The van der Waals surface area contributed by atoms with Crippen LogP contribution in [0, 0.1) is 24.1 Å². The minimum atomic E-state index is -0.304. The van der Waals surface area contributed by atoms with Crippen molar-refractivity contribution in [3.63, 3.8) is 0 Å². The summed E-state index contributed by atoms with van der Waals surface area (Å²) in [6.45, 7) is 4.41. The molecule has 2 rings (SSSR count). The highest BCUT2D eigenvalue weighted by molar-refractivity contribution is 5.65. The van der Waals surface area contributed by atoms with Crippen molar-refractivity contribution in [1.82, 2.24) is 4.98 Å². The molecule has 0 radical (unpaired) electrons. The summed E-state index contributed by atoms with van der Waals surface area (Å²) < 4.78 is 13.3. The van der Waals surface area contributed by atoms with E-state index in [0.29, 0.717) is 23.6 Å². The molecule has 0 fully saturated rings. The molecule has 3 nitrogen and oxygen atoms in total. The quantitative estimate of drug-likeness (QED) is 0.841. The van der Waals surface area contributed by atoms with Crippen molar-refractivity contribution >= 4 is 11.5 Å². The van der Waals surface area contributed by atoms with Gasteiger partial charge in [0.05, 0.1) is 5.56 Å². The molecule has 2 aromatic rings. The summed E-state index contributed by atoms with van der Waals surface area (Å²) in [6.07, 6.45) is 0. The lowest BCUT2D eigenvalue weighted by molar-refractivity contribution is 0.627. The van der Waals surface area contributed by atoms with Gasteiger partial charge in [-0.05, 0) is 44.2 Å². The Labute approximate surface area is 111 Å². The predicted octanol–water partition coefficient (Wildman–Crippen LogP) is 3.56. The number of benzene rings is 1. The zero-order chi connectivity index (χ0) is 13.8. The zero-order valence-electron chi connectivity index (χ0n) is 10.9. The van der Waals surface area contributed by atoms with E-state index >= 15 is 0 Å². The molecule has 0 atom stereocenters. The van der Waals surface area contributed by atoms with Gasteiger partial charge in [0.25, 0.3) is 0 Å². The first-order chi connectivity index (χ1) is 9.15. The first-order valence-corrected chi connectivity index (χ1v) is 6.06. The number of rotatable bonds is 3. The van der Waals surface area contributed by atoms with Crippen LogP contribution >= 0.6 is 0 Å². The van der Waals surface area contributed by atoms with Crippen LogP contribution in [0.3, 0.4) is 0 Å². The third kappa shape index (κ3) is 2.71. The minimum Gasteiger partial charge on any atom is -0.325 e. The van der Waals surface area contributed by atoms with Gasteiger partial charge in [0.15, 0.2) is 5.82 Å². The normalized spacial score (nSPS) is 10.0. The maximum absolute atomic E-state index is 13.3. The Morgan fingerprint density at radius 3 is 2.74 bits per heavy atom. The Hall–Kier alpha value is -2.41. The summed E-state index contributed by atoms with van der Waals surface area (Å²) in [4.78, 5) is 6.23. The van der Waals surface area contributed by atoms with E-state index in [4.69, 9.17) is 5.26 Å². The van der Waals surface area contributed by atoms with Crippen molar-refractivity contribution < 1.29 is 4.39 Å². The molecule has 0 aliphatic heterocycles. The average Bonchev–Trinajstić information content (AvgIpc) is 2.40. The summed E-state index contributed by atoms with van der Waals surface area (Å²) in [7, 11) is 0. The second kappa shape index (κ2) is 5.49. The number of aromatic nitrogens is 1. The van der Waals surface area contributed by atoms with Crippen molar-refractivity contribution in [2.45, 2.75) is 13.8 Å². The van der Waals surface area contributed by atoms with Crippen LogP contribution in [0.2, 0.25) is 0 Å². The van der Waals surface area contributed by atoms with Crippen LogP contribution in [-0.4, -0.2) is 11.5 Å². The highest BCUT2D eigenvalue weighted by Crippen LogP contribution is 2.27. The molecule has 0 saturated heterocycles. The lowest BCUT2D eigenvalue weighted by Crippen LogP contribution is -2.19. The maximum atomic E-state index is 13.3. The Bertz CT molecular complexity index is 632. The smallest absolute Gasteiger partial charge is 0.151 e. The molecule has 0 aliphatic rings. The molecule has 0 bridgehead atoms. The SMILES string of the molecule is CCN(c1cccc(F)c1)c1nc(C)ccc1C#N. The van der Waals surface area contributed by atoms with Gasteiger partial charge in [-0.2, -0.15) is 5.26 Å². The number of hydrogen-bond acceptors (Lipinski definition) is 3.